The van der Waals surface area contributed by atoms with Crippen molar-refractivity contribution < 1.29 is 26.8 Å². The Kier molecular flexibility index (Phi) is 5.35. The minimum absolute atomic E-state index is 0.0449. The summed E-state index contributed by atoms with van der Waals surface area (Å²) in [5.41, 5.74) is 0.901. The number of hydrogen-bond donors (Lipinski definition) is 1. The number of ether oxygens (including phenoxy) is 1. The van der Waals surface area contributed by atoms with Crippen molar-refractivity contribution in [1.82, 2.24) is 0 Å². The van der Waals surface area contributed by atoms with Gasteiger partial charge in [0.1, 0.15) is 17.7 Å². The Balaban J connectivity index is 2.18. The molecule has 0 spiro atoms. The van der Waals surface area contributed by atoms with Crippen molar-refractivity contribution in [1.29, 1.82) is 0 Å². The van der Waals surface area contributed by atoms with Gasteiger partial charge in [0, 0.05) is 0 Å². The van der Waals surface area contributed by atoms with Gasteiger partial charge in [-0.25, -0.2) is 8.57 Å². The van der Waals surface area contributed by atoms with Gasteiger partial charge >= 0.3 is 0 Å². The molecule has 2 atom stereocenters. The number of rotatable bonds is 6. The summed E-state index contributed by atoms with van der Waals surface area (Å²) in [5.74, 6) is -0.282. The van der Waals surface area contributed by atoms with E-state index in [0.29, 0.717) is 0 Å². The van der Waals surface area contributed by atoms with Crippen LogP contribution in [-0.2, 0) is 14.3 Å². The van der Waals surface area contributed by atoms with Crippen LogP contribution >= 0.6 is 0 Å². The standard InChI is InChI=1S/C16H17FO5S/c1-11-3-9-15(10-4-11)23(19,20)22-16(12(2)18)21-14-7-5-13(17)6-8-14/h3-10,12,16,18H,1-2H3. The van der Waals surface area contributed by atoms with Crippen LogP contribution in [-0.4, -0.2) is 25.9 Å². The van der Waals surface area contributed by atoms with E-state index in [1.54, 1.807) is 12.1 Å². The van der Waals surface area contributed by atoms with Crippen LogP contribution in [0.2, 0.25) is 0 Å². The van der Waals surface area contributed by atoms with E-state index in [9.17, 15) is 17.9 Å². The van der Waals surface area contributed by atoms with Gasteiger partial charge in [-0.2, -0.15) is 8.42 Å². The van der Waals surface area contributed by atoms with Crippen LogP contribution in [0.15, 0.2) is 53.4 Å². The Bertz CT molecular complexity index is 739. The van der Waals surface area contributed by atoms with Gasteiger partial charge in [-0.1, -0.05) is 17.7 Å². The van der Waals surface area contributed by atoms with Gasteiger partial charge in [0.05, 0.1) is 4.90 Å². The molecular formula is C16H17FO5S. The Hall–Kier alpha value is -1.96. The smallest absolute Gasteiger partial charge is 0.300 e. The molecule has 0 saturated carbocycles. The summed E-state index contributed by atoms with van der Waals surface area (Å²) in [4.78, 5) is -0.0449. The molecule has 7 heteroatoms. The van der Waals surface area contributed by atoms with Crippen molar-refractivity contribution in [3.63, 3.8) is 0 Å². The predicted octanol–water partition coefficient (Wildman–Crippen LogP) is 2.63. The van der Waals surface area contributed by atoms with E-state index < -0.39 is 28.3 Å². The minimum Gasteiger partial charge on any atom is -0.461 e. The molecule has 0 fully saturated rings. The first kappa shape index (κ1) is 17.4. The highest BCUT2D eigenvalue weighted by Crippen LogP contribution is 2.20. The van der Waals surface area contributed by atoms with Crippen molar-refractivity contribution in [3.05, 3.63) is 59.9 Å². The van der Waals surface area contributed by atoms with Gasteiger partial charge in [-0.3, -0.25) is 0 Å². The molecular weight excluding hydrogens is 323 g/mol. The molecule has 0 amide bonds. The third-order valence-electron chi connectivity index (χ3n) is 2.99. The van der Waals surface area contributed by atoms with Crippen LogP contribution in [0.4, 0.5) is 4.39 Å². The maximum atomic E-state index is 12.9. The zero-order chi connectivity index (χ0) is 17.0. The van der Waals surface area contributed by atoms with Crippen molar-refractivity contribution >= 4 is 10.1 Å². The molecule has 124 valence electrons. The van der Waals surface area contributed by atoms with E-state index in [-0.39, 0.29) is 10.6 Å². The summed E-state index contributed by atoms with van der Waals surface area (Å²) < 4.78 is 47.6. The highest BCUT2D eigenvalue weighted by molar-refractivity contribution is 7.86. The number of benzene rings is 2. The van der Waals surface area contributed by atoms with Gasteiger partial charge in [0.15, 0.2) is 0 Å². The van der Waals surface area contributed by atoms with Gasteiger partial charge in [-0.05, 0) is 50.2 Å². The quantitative estimate of drug-likeness (QED) is 0.646. The van der Waals surface area contributed by atoms with Crippen LogP contribution < -0.4 is 4.74 Å². The highest BCUT2D eigenvalue weighted by atomic mass is 32.2. The van der Waals surface area contributed by atoms with Gasteiger partial charge in [-0.15, -0.1) is 0 Å². The summed E-state index contributed by atoms with van der Waals surface area (Å²) in [6, 6.07) is 11.0. The second-order valence-electron chi connectivity index (χ2n) is 5.04. The molecule has 0 aliphatic heterocycles. The molecule has 0 aliphatic carbocycles. The lowest BCUT2D eigenvalue weighted by Crippen LogP contribution is -2.34. The normalized spacial score (nSPS) is 14.3. The molecule has 0 aromatic heterocycles. The first-order valence-electron chi connectivity index (χ1n) is 6.88. The summed E-state index contributed by atoms with van der Waals surface area (Å²) in [5, 5.41) is 9.69. The van der Waals surface area contributed by atoms with E-state index in [4.69, 9.17) is 8.92 Å². The second kappa shape index (κ2) is 7.08. The lowest BCUT2D eigenvalue weighted by atomic mass is 10.2. The zero-order valence-corrected chi connectivity index (χ0v) is 13.5. The maximum Gasteiger partial charge on any atom is 0.300 e. The fourth-order valence-corrected chi connectivity index (χ4v) is 2.76. The first-order valence-corrected chi connectivity index (χ1v) is 8.29. The van der Waals surface area contributed by atoms with Crippen molar-refractivity contribution in [2.24, 2.45) is 0 Å². The number of aryl methyl sites for hydroxylation is 1. The molecule has 2 aromatic carbocycles. The molecule has 1 N–H and O–H groups in total. The van der Waals surface area contributed by atoms with Crippen molar-refractivity contribution in [3.8, 4) is 5.75 Å². The Morgan fingerprint density at radius 1 is 1.04 bits per heavy atom. The summed E-state index contributed by atoms with van der Waals surface area (Å²) in [6.07, 6.45) is -2.67. The molecule has 2 unspecified atom stereocenters. The van der Waals surface area contributed by atoms with Gasteiger partial charge in [0.2, 0.25) is 6.29 Å². The van der Waals surface area contributed by atoms with Gasteiger partial charge in [0.25, 0.3) is 10.1 Å². The van der Waals surface area contributed by atoms with Gasteiger partial charge < -0.3 is 9.84 Å². The van der Waals surface area contributed by atoms with Crippen LogP contribution in [0, 0.1) is 12.7 Å². The van der Waals surface area contributed by atoms with Crippen molar-refractivity contribution in [2.45, 2.75) is 31.1 Å². The largest absolute Gasteiger partial charge is 0.461 e. The average Bonchev–Trinajstić information content (AvgIpc) is 2.49. The number of halogens is 1. The van der Waals surface area contributed by atoms with E-state index in [1.165, 1.54) is 31.2 Å². The van der Waals surface area contributed by atoms with E-state index in [1.807, 2.05) is 6.92 Å². The van der Waals surface area contributed by atoms with E-state index in [2.05, 4.69) is 0 Å². The van der Waals surface area contributed by atoms with Crippen LogP contribution in [0.1, 0.15) is 12.5 Å². The Morgan fingerprint density at radius 3 is 2.13 bits per heavy atom. The van der Waals surface area contributed by atoms with E-state index in [0.717, 1.165) is 17.7 Å². The zero-order valence-electron chi connectivity index (χ0n) is 12.6. The summed E-state index contributed by atoms with van der Waals surface area (Å²) in [6.45, 7) is 3.16. The van der Waals surface area contributed by atoms with E-state index >= 15 is 0 Å². The number of aliphatic hydroxyl groups is 1. The molecule has 23 heavy (non-hydrogen) atoms. The molecule has 0 heterocycles. The SMILES string of the molecule is Cc1ccc(S(=O)(=O)OC(Oc2ccc(F)cc2)C(C)O)cc1. The summed E-state index contributed by atoms with van der Waals surface area (Å²) in [7, 11) is -4.11. The third kappa shape index (κ3) is 4.75. The predicted molar refractivity (Wildman–Crippen MR) is 81.9 cm³/mol. The highest BCUT2D eigenvalue weighted by Gasteiger charge is 2.27. The topological polar surface area (TPSA) is 72.8 Å². The monoisotopic (exact) mass is 340 g/mol. The first-order chi connectivity index (χ1) is 10.8. The molecule has 2 rings (SSSR count). The van der Waals surface area contributed by atoms with Crippen LogP contribution in [0.25, 0.3) is 0 Å². The molecule has 5 nitrogen and oxygen atoms in total. The third-order valence-corrected chi connectivity index (χ3v) is 4.28. The number of hydrogen-bond acceptors (Lipinski definition) is 5. The maximum absolute atomic E-state index is 12.9. The fraction of sp³-hybridized carbons (Fsp3) is 0.250. The second-order valence-corrected chi connectivity index (χ2v) is 6.62. The van der Waals surface area contributed by atoms with Crippen molar-refractivity contribution in [2.75, 3.05) is 0 Å². The van der Waals surface area contributed by atoms with Crippen LogP contribution in [0.3, 0.4) is 0 Å². The average molecular weight is 340 g/mol. The molecule has 0 radical (unpaired) electrons. The molecule has 2 aromatic rings. The fourth-order valence-electron chi connectivity index (χ4n) is 1.73. The molecule has 0 saturated heterocycles. The Labute approximate surface area is 134 Å². The minimum atomic E-state index is -4.11. The lowest BCUT2D eigenvalue weighted by Gasteiger charge is -2.21. The lowest BCUT2D eigenvalue weighted by molar-refractivity contribution is -0.0741. The molecule has 0 aliphatic rings. The number of aliphatic hydroxyl groups excluding tert-OH is 1. The Morgan fingerprint density at radius 2 is 1.61 bits per heavy atom. The molecule has 0 bridgehead atoms. The summed E-state index contributed by atoms with van der Waals surface area (Å²) >= 11 is 0. The van der Waals surface area contributed by atoms with Crippen LogP contribution in [0.5, 0.6) is 5.75 Å².